The van der Waals surface area contributed by atoms with Gasteiger partial charge < -0.3 is 15.4 Å². The number of ether oxygens (including phenoxy) is 1. The van der Waals surface area contributed by atoms with E-state index in [1.807, 2.05) is 6.92 Å². The van der Waals surface area contributed by atoms with Gasteiger partial charge in [-0.15, -0.1) is 0 Å². The first-order valence-corrected chi connectivity index (χ1v) is 8.59. The van der Waals surface area contributed by atoms with Crippen LogP contribution in [0.3, 0.4) is 0 Å². The molecule has 0 saturated carbocycles. The maximum Gasteiger partial charge on any atom is 0.238 e. The highest BCUT2D eigenvalue weighted by molar-refractivity contribution is 6.30. The topological polar surface area (TPSA) is 70.7 Å². The highest BCUT2D eigenvalue weighted by Gasteiger charge is 2.14. The zero-order chi connectivity index (χ0) is 18.9. The van der Waals surface area contributed by atoms with Crippen LogP contribution < -0.4 is 15.4 Å². The molecule has 2 N–H and O–H groups in total. The molecular formula is C19H22ClN3O3. The number of hydrogen-bond donors (Lipinski definition) is 2. The first-order valence-electron chi connectivity index (χ1n) is 8.22. The van der Waals surface area contributed by atoms with Gasteiger partial charge in [0.15, 0.2) is 0 Å². The molecule has 2 amide bonds. The van der Waals surface area contributed by atoms with Gasteiger partial charge in [-0.1, -0.05) is 30.7 Å². The maximum absolute atomic E-state index is 12.2. The molecule has 2 aromatic carbocycles. The molecule has 7 heteroatoms. The Hall–Kier alpha value is -2.57. The summed E-state index contributed by atoms with van der Waals surface area (Å²) < 4.78 is 5.13. The summed E-state index contributed by atoms with van der Waals surface area (Å²) in [5.74, 6) is 0.259. The van der Waals surface area contributed by atoms with E-state index in [2.05, 4.69) is 10.6 Å². The third-order valence-corrected chi connectivity index (χ3v) is 3.88. The van der Waals surface area contributed by atoms with Crippen molar-refractivity contribution >= 4 is 34.8 Å². The van der Waals surface area contributed by atoms with Crippen molar-refractivity contribution < 1.29 is 14.3 Å². The quantitative estimate of drug-likeness (QED) is 0.743. The minimum atomic E-state index is -0.205. The summed E-state index contributed by atoms with van der Waals surface area (Å²) in [4.78, 5) is 26.1. The second-order valence-electron chi connectivity index (χ2n) is 5.64. The van der Waals surface area contributed by atoms with Gasteiger partial charge in [-0.05, 0) is 36.9 Å². The van der Waals surface area contributed by atoms with Gasteiger partial charge in [-0.25, -0.2) is 0 Å². The van der Waals surface area contributed by atoms with E-state index in [9.17, 15) is 9.59 Å². The number of nitrogens with one attached hydrogen (secondary N) is 2. The fourth-order valence-corrected chi connectivity index (χ4v) is 2.54. The van der Waals surface area contributed by atoms with Gasteiger partial charge >= 0.3 is 0 Å². The van der Waals surface area contributed by atoms with Crippen molar-refractivity contribution in [3.8, 4) is 5.75 Å². The second-order valence-corrected chi connectivity index (χ2v) is 6.08. The van der Waals surface area contributed by atoms with E-state index >= 15 is 0 Å². The van der Waals surface area contributed by atoms with Crippen molar-refractivity contribution in [2.24, 2.45) is 0 Å². The van der Waals surface area contributed by atoms with Gasteiger partial charge in [-0.2, -0.15) is 0 Å². The number of amides is 2. The molecule has 0 aliphatic carbocycles. The van der Waals surface area contributed by atoms with Crippen LogP contribution in [0.2, 0.25) is 5.02 Å². The average Bonchev–Trinajstić information content (AvgIpc) is 2.61. The van der Waals surface area contributed by atoms with Crippen molar-refractivity contribution in [3.05, 3.63) is 53.6 Å². The Kier molecular flexibility index (Phi) is 7.44. The molecule has 6 nitrogen and oxygen atoms in total. The van der Waals surface area contributed by atoms with Crippen LogP contribution in [0.1, 0.15) is 6.92 Å². The Labute approximate surface area is 158 Å². The Morgan fingerprint density at radius 1 is 1.00 bits per heavy atom. The highest BCUT2D eigenvalue weighted by Crippen LogP contribution is 2.17. The predicted octanol–water partition coefficient (Wildman–Crippen LogP) is 3.25. The van der Waals surface area contributed by atoms with Crippen LogP contribution in [0.25, 0.3) is 0 Å². The summed E-state index contributed by atoms with van der Waals surface area (Å²) in [6.07, 6.45) is 0. The largest absolute Gasteiger partial charge is 0.497 e. The molecule has 0 spiro atoms. The number of carbonyl (C=O) groups is 2. The number of hydrogen-bond acceptors (Lipinski definition) is 4. The van der Waals surface area contributed by atoms with Crippen LogP contribution in [-0.4, -0.2) is 43.5 Å². The lowest BCUT2D eigenvalue weighted by atomic mass is 10.3. The van der Waals surface area contributed by atoms with E-state index in [0.717, 1.165) is 0 Å². The summed E-state index contributed by atoms with van der Waals surface area (Å²) in [5.41, 5.74) is 1.27. The van der Waals surface area contributed by atoms with Gasteiger partial charge in [0.1, 0.15) is 5.75 Å². The normalized spacial score (nSPS) is 10.5. The average molecular weight is 376 g/mol. The van der Waals surface area contributed by atoms with E-state index in [1.54, 1.807) is 60.5 Å². The molecule has 26 heavy (non-hydrogen) atoms. The van der Waals surface area contributed by atoms with E-state index < -0.39 is 0 Å². The lowest BCUT2D eigenvalue weighted by molar-refractivity contribution is -0.119. The molecule has 0 aromatic heterocycles. The van der Waals surface area contributed by atoms with Gasteiger partial charge in [0.05, 0.1) is 20.2 Å². The van der Waals surface area contributed by atoms with Crippen molar-refractivity contribution in [1.29, 1.82) is 0 Å². The van der Waals surface area contributed by atoms with Crippen LogP contribution in [0.4, 0.5) is 11.4 Å². The lowest BCUT2D eigenvalue weighted by Crippen LogP contribution is -2.38. The van der Waals surface area contributed by atoms with Gasteiger partial charge in [0.2, 0.25) is 11.8 Å². The van der Waals surface area contributed by atoms with E-state index in [1.165, 1.54) is 0 Å². The highest BCUT2D eigenvalue weighted by atomic mass is 35.5. The number of benzene rings is 2. The van der Waals surface area contributed by atoms with Crippen molar-refractivity contribution in [1.82, 2.24) is 4.90 Å². The molecule has 0 radical (unpaired) electrons. The predicted molar refractivity (Wildman–Crippen MR) is 104 cm³/mol. The number of methoxy groups -OCH3 is 1. The molecule has 0 aliphatic heterocycles. The van der Waals surface area contributed by atoms with Crippen LogP contribution in [0, 0.1) is 0 Å². The molecule has 0 heterocycles. The number of nitrogens with zero attached hydrogens (tertiary/aromatic N) is 1. The smallest absolute Gasteiger partial charge is 0.238 e. The minimum absolute atomic E-state index is 0.106. The van der Waals surface area contributed by atoms with Gasteiger partial charge in [-0.3, -0.25) is 14.5 Å². The molecule has 0 saturated heterocycles. The van der Waals surface area contributed by atoms with Crippen LogP contribution >= 0.6 is 11.6 Å². The van der Waals surface area contributed by atoms with E-state index in [-0.39, 0.29) is 24.9 Å². The Bertz CT molecular complexity index is 767. The summed E-state index contributed by atoms with van der Waals surface area (Å²) in [6, 6.07) is 14.0. The first kappa shape index (κ1) is 19.8. The summed E-state index contributed by atoms with van der Waals surface area (Å²) in [5, 5.41) is 6.12. The third kappa shape index (κ3) is 6.38. The Morgan fingerprint density at radius 2 is 1.58 bits per heavy atom. The van der Waals surface area contributed by atoms with Gasteiger partial charge in [0, 0.05) is 22.5 Å². The molecule has 0 fully saturated rings. The molecule has 0 bridgehead atoms. The number of carbonyl (C=O) groups excluding carboxylic acids is 2. The number of likely N-dealkylation sites (N-methyl/N-ethyl adjacent to an activating group) is 1. The van der Waals surface area contributed by atoms with Crippen molar-refractivity contribution in [2.75, 3.05) is 37.4 Å². The van der Waals surface area contributed by atoms with E-state index in [4.69, 9.17) is 16.3 Å². The molecule has 0 unspecified atom stereocenters. The Balaban J connectivity index is 1.87. The van der Waals surface area contributed by atoms with Crippen molar-refractivity contribution in [3.63, 3.8) is 0 Å². The molecule has 138 valence electrons. The zero-order valence-electron chi connectivity index (χ0n) is 14.8. The number of anilines is 2. The molecule has 0 aliphatic rings. The van der Waals surface area contributed by atoms with Crippen LogP contribution in [0.15, 0.2) is 48.5 Å². The second kappa shape index (κ2) is 9.79. The first-order chi connectivity index (χ1) is 12.5. The number of rotatable bonds is 8. The third-order valence-electron chi connectivity index (χ3n) is 3.64. The number of halogens is 1. The summed E-state index contributed by atoms with van der Waals surface area (Å²) >= 11 is 5.91. The van der Waals surface area contributed by atoms with Crippen LogP contribution in [0.5, 0.6) is 5.75 Å². The lowest BCUT2D eigenvalue weighted by Gasteiger charge is -2.19. The SMILES string of the molecule is CCN(CC(=O)Nc1cccc(Cl)c1)CC(=O)Nc1cccc(OC)c1. The molecule has 2 rings (SSSR count). The Morgan fingerprint density at radius 3 is 2.12 bits per heavy atom. The standard InChI is InChI=1S/C19H22ClN3O3/c1-3-23(12-18(24)21-15-7-4-6-14(20)10-15)13-19(25)22-16-8-5-9-17(11-16)26-2/h4-11H,3,12-13H2,1-2H3,(H,21,24)(H,22,25). The van der Waals surface area contributed by atoms with Crippen molar-refractivity contribution in [2.45, 2.75) is 6.92 Å². The van der Waals surface area contributed by atoms with Gasteiger partial charge in [0.25, 0.3) is 0 Å². The van der Waals surface area contributed by atoms with E-state index in [0.29, 0.717) is 28.7 Å². The maximum atomic E-state index is 12.2. The molecule has 2 aromatic rings. The molecule has 0 atom stereocenters. The molecular weight excluding hydrogens is 354 g/mol. The fourth-order valence-electron chi connectivity index (χ4n) is 2.35. The minimum Gasteiger partial charge on any atom is -0.497 e. The summed E-state index contributed by atoms with van der Waals surface area (Å²) in [6.45, 7) is 2.67. The monoisotopic (exact) mass is 375 g/mol. The van der Waals surface area contributed by atoms with Crippen LogP contribution in [-0.2, 0) is 9.59 Å². The zero-order valence-corrected chi connectivity index (χ0v) is 15.5. The fraction of sp³-hybridized carbons (Fsp3) is 0.263. The summed E-state index contributed by atoms with van der Waals surface area (Å²) in [7, 11) is 1.57.